The molecule has 1 aromatic carbocycles. The zero-order chi connectivity index (χ0) is 8.27. The summed E-state index contributed by atoms with van der Waals surface area (Å²) in [6.07, 6.45) is 0. The lowest BCUT2D eigenvalue weighted by atomic mass is 10.1. The van der Waals surface area contributed by atoms with Gasteiger partial charge in [-0.3, -0.25) is 0 Å². The summed E-state index contributed by atoms with van der Waals surface area (Å²) < 4.78 is 0.963. The molecule has 0 aromatic heterocycles. The van der Waals surface area contributed by atoms with Crippen LogP contribution in [0.4, 0.5) is 0 Å². The Balaban J connectivity index is 3.02. The third kappa shape index (κ3) is 2.29. The Morgan fingerprint density at radius 1 is 1.27 bits per heavy atom. The van der Waals surface area contributed by atoms with E-state index in [2.05, 4.69) is 15.9 Å². The second-order valence-electron chi connectivity index (χ2n) is 2.33. The fourth-order valence-electron chi connectivity index (χ4n) is 0.926. The summed E-state index contributed by atoms with van der Waals surface area (Å²) in [6.45, 7) is 0.568. The molecule has 11 heavy (non-hydrogen) atoms. The third-order valence-electron chi connectivity index (χ3n) is 1.44. The van der Waals surface area contributed by atoms with Gasteiger partial charge in [0.2, 0.25) is 0 Å². The number of halogens is 1. The van der Waals surface area contributed by atoms with Crippen molar-refractivity contribution in [2.45, 2.75) is 13.2 Å². The van der Waals surface area contributed by atoms with Gasteiger partial charge < -0.3 is 10.8 Å². The molecule has 0 aliphatic rings. The number of nitrogens with two attached hydrogens (primary N) is 1. The molecule has 3 N–H and O–H groups in total. The second kappa shape index (κ2) is 3.85. The van der Waals surface area contributed by atoms with Gasteiger partial charge in [-0.05, 0) is 23.3 Å². The number of aliphatic hydroxyl groups is 1. The summed E-state index contributed by atoms with van der Waals surface area (Å²) in [5.41, 5.74) is 7.36. The maximum absolute atomic E-state index is 8.82. The average molecular weight is 216 g/mol. The lowest BCUT2D eigenvalue weighted by Gasteiger charge is -2.01. The van der Waals surface area contributed by atoms with Crippen LogP contribution in [-0.2, 0) is 13.2 Å². The first-order valence-electron chi connectivity index (χ1n) is 3.35. The maximum atomic E-state index is 8.82. The van der Waals surface area contributed by atoms with Gasteiger partial charge in [-0.1, -0.05) is 22.0 Å². The minimum absolute atomic E-state index is 0.0619. The van der Waals surface area contributed by atoms with Gasteiger partial charge in [0.25, 0.3) is 0 Å². The molecule has 0 saturated carbocycles. The van der Waals surface area contributed by atoms with Crippen LogP contribution < -0.4 is 5.73 Å². The van der Waals surface area contributed by atoms with E-state index < -0.39 is 0 Å². The summed E-state index contributed by atoms with van der Waals surface area (Å²) in [6, 6.07) is 5.71. The van der Waals surface area contributed by atoms with Crippen LogP contribution in [0.25, 0.3) is 0 Å². The van der Waals surface area contributed by atoms with E-state index in [9.17, 15) is 0 Å². The second-order valence-corrected chi connectivity index (χ2v) is 3.25. The molecular weight excluding hydrogens is 206 g/mol. The number of benzene rings is 1. The first-order valence-corrected chi connectivity index (χ1v) is 4.15. The minimum atomic E-state index is 0.0619. The van der Waals surface area contributed by atoms with Gasteiger partial charge in [0.05, 0.1) is 6.61 Å². The lowest BCUT2D eigenvalue weighted by Crippen LogP contribution is -1.97. The molecule has 1 rings (SSSR count). The molecule has 0 atom stereocenters. The number of aliphatic hydroxyl groups excluding tert-OH is 1. The molecule has 3 heteroatoms. The highest BCUT2D eigenvalue weighted by atomic mass is 79.9. The highest BCUT2D eigenvalue weighted by Gasteiger charge is 1.96. The van der Waals surface area contributed by atoms with Crippen LogP contribution in [0, 0.1) is 0 Å². The predicted octanol–water partition coefficient (Wildman–Crippen LogP) is 1.40. The topological polar surface area (TPSA) is 46.2 Å². The molecule has 2 nitrogen and oxygen atoms in total. The molecule has 0 saturated heterocycles. The molecule has 0 spiro atoms. The largest absolute Gasteiger partial charge is 0.392 e. The van der Waals surface area contributed by atoms with Gasteiger partial charge in [0, 0.05) is 11.0 Å². The van der Waals surface area contributed by atoms with Crippen LogP contribution in [0.3, 0.4) is 0 Å². The van der Waals surface area contributed by atoms with Crippen molar-refractivity contribution in [3.05, 3.63) is 33.8 Å². The van der Waals surface area contributed by atoms with Crippen LogP contribution in [0.2, 0.25) is 0 Å². The molecule has 0 bridgehead atoms. The predicted molar refractivity (Wildman–Crippen MR) is 48.0 cm³/mol. The minimum Gasteiger partial charge on any atom is -0.392 e. The maximum Gasteiger partial charge on any atom is 0.0682 e. The van der Waals surface area contributed by atoms with Crippen molar-refractivity contribution >= 4 is 15.9 Å². The Morgan fingerprint density at radius 2 is 1.91 bits per heavy atom. The summed E-state index contributed by atoms with van der Waals surface area (Å²) >= 11 is 3.33. The molecule has 0 unspecified atom stereocenters. The monoisotopic (exact) mass is 215 g/mol. The van der Waals surface area contributed by atoms with Crippen molar-refractivity contribution in [3.63, 3.8) is 0 Å². The molecule has 0 aliphatic carbocycles. The third-order valence-corrected chi connectivity index (χ3v) is 1.89. The van der Waals surface area contributed by atoms with Crippen molar-refractivity contribution in [2.24, 2.45) is 5.73 Å². The first-order chi connectivity index (χ1) is 5.26. The summed E-state index contributed by atoms with van der Waals surface area (Å²) in [4.78, 5) is 0. The van der Waals surface area contributed by atoms with Crippen molar-refractivity contribution in [1.29, 1.82) is 0 Å². The fourth-order valence-corrected chi connectivity index (χ4v) is 1.51. The molecule has 0 fully saturated rings. The summed E-state index contributed by atoms with van der Waals surface area (Å²) in [5.74, 6) is 0. The quantitative estimate of drug-likeness (QED) is 0.784. The zero-order valence-corrected chi connectivity index (χ0v) is 7.63. The Morgan fingerprint density at radius 3 is 2.45 bits per heavy atom. The zero-order valence-electron chi connectivity index (χ0n) is 6.05. The van der Waals surface area contributed by atoms with Gasteiger partial charge in [-0.15, -0.1) is 0 Å². The Labute approximate surface area is 74.2 Å². The molecule has 60 valence electrons. The van der Waals surface area contributed by atoms with Gasteiger partial charge in [-0.25, -0.2) is 0 Å². The van der Waals surface area contributed by atoms with Crippen LogP contribution in [0.15, 0.2) is 22.7 Å². The average Bonchev–Trinajstić information content (AvgIpc) is 2.03. The van der Waals surface area contributed by atoms with E-state index in [4.69, 9.17) is 10.8 Å². The van der Waals surface area contributed by atoms with Crippen molar-refractivity contribution in [1.82, 2.24) is 0 Å². The Kier molecular flexibility index (Phi) is 3.05. The van der Waals surface area contributed by atoms with E-state index >= 15 is 0 Å². The van der Waals surface area contributed by atoms with Gasteiger partial charge in [0.1, 0.15) is 0 Å². The van der Waals surface area contributed by atoms with E-state index in [0.29, 0.717) is 6.54 Å². The molecule has 0 heterocycles. The van der Waals surface area contributed by atoms with Crippen molar-refractivity contribution in [2.75, 3.05) is 0 Å². The first kappa shape index (κ1) is 8.71. The van der Waals surface area contributed by atoms with Crippen molar-refractivity contribution in [3.8, 4) is 0 Å². The smallest absolute Gasteiger partial charge is 0.0682 e. The molecule has 0 radical (unpaired) electrons. The highest BCUT2D eigenvalue weighted by Crippen LogP contribution is 2.15. The van der Waals surface area contributed by atoms with E-state index in [-0.39, 0.29) is 6.61 Å². The van der Waals surface area contributed by atoms with E-state index in [0.717, 1.165) is 15.6 Å². The standard InChI is InChI=1S/C8H10BrNO/c9-8-2-6(4-10)1-7(3-8)5-11/h1-3,11H,4-5,10H2. The van der Waals surface area contributed by atoms with Crippen LogP contribution in [0.5, 0.6) is 0 Å². The van der Waals surface area contributed by atoms with Crippen LogP contribution >= 0.6 is 15.9 Å². The van der Waals surface area contributed by atoms with E-state index in [1.165, 1.54) is 0 Å². The van der Waals surface area contributed by atoms with E-state index in [1.807, 2.05) is 18.2 Å². The van der Waals surface area contributed by atoms with Crippen molar-refractivity contribution < 1.29 is 5.11 Å². The Hall–Kier alpha value is -0.380. The normalized spacial score (nSPS) is 10.1. The van der Waals surface area contributed by atoms with Crippen LogP contribution in [-0.4, -0.2) is 5.11 Å². The molecule has 0 amide bonds. The van der Waals surface area contributed by atoms with Gasteiger partial charge in [-0.2, -0.15) is 0 Å². The molecule has 0 aliphatic heterocycles. The van der Waals surface area contributed by atoms with Gasteiger partial charge >= 0.3 is 0 Å². The summed E-state index contributed by atoms with van der Waals surface area (Å²) in [5, 5.41) is 8.82. The van der Waals surface area contributed by atoms with Gasteiger partial charge in [0.15, 0.2) is 0 Å². The molecule has 1 aromatic rings. The summed E-state index contributed by atoms with van der Waals surface area (Å²) in [7, 11) is 0. The number of hydrogen-bond donors (Lipinski definition) is 2. The number of rotatable bonds is 2. The van der Waals surface area contributed by atoms with Crippen LogP contribution in [0.1, 0.15) is 11.1 Å². The SMILES string of the molecule is NCc1cc(Br)cc(CO)c1. The Bertz CT molecular complexity index is 228. The number of hydrogen-bond acceptors (Lipinski definition) is 2. The lowest BCUT2D eigenvalue weighted by molar-refractivity contribution is 0.281. The van der Waals surface area contributed by atoms with E-state index in [1.54, 1.807) is 0 Å². The molecular formula is C8H10BrNO. The highest BCUT2D eigenvalue weighted by molar-refractivity contribution is 9.10. The fraction of sp³-hybridized carbons (Fsp3) is 0.250.